The lowest BCUT2D eigenvalue weighted by Crippen LogP contribution is -2.43. The van der Waals surface area contributed by atoms with E-state index in [4.69, 9.17) is 0 Å². The van der Waals surface area contributed by atoms with Crippen LogP contribution in [0, 0.1) is 5.92 Å². The van der Waals surface area contributed by atoms with Crippen LogP contribution in [0.3, 0.4) is 0 Å². The van der Waals surface area contributed by atoms with Gasteiger partial charge in [-0.1, -0.05) is 30.3 Å². The van der Waals surface area contributed by atoms with Gasteiger partial charge in [-0.3, -0.25) is 4.90 Å². The second kappa shape index (κ2) is 4.79. The van der Waals surface area contributed by atoms with Gasteiger partial charge in [-0.15, -0.1) is 0 Å². The van der Waals surface area contributed by atoms with Crippen LogP contribution in [0.15, 0.2) is 30.3 Å². The van der Waals surface area contributed by atoms with E-state index in [1.807, 2.05) is 0 Å². The smallest absolute Gasteiger partial charge is 0.0673 e. The van der Waals surface area contributed by atoms with Gasteiger partial charge in [0.05, 0.1) is 6.10 Å². The van der Waals surface area contributed by atoms with Crippen LogP contribution in [0.25, 0.3) is 0 Å². The van der Waals surface area contributed by atoms with Gasteiger partial charge in [0.2, 0.25) is 0 Å². The fourth-order valence-electron chi connectivity index (χ4n) is 2.94. The SMILES string of the molecule is O[C@@H]1C[C@H](c2ccccc2)CN(CC2CC2)C1. The minimum atomic E-state index is -0.146. The molecule has 0 unspecified atom stereocenters. The molecule has 1 saturated heterocycles. The maximum atomic E-state index is 10.0. The monoisotopic (exact) mass is 231 g/mol. The van der Waals surface area contributed by atoms with E-state index in [9.17, 15) is 5.11 Å². The third kappa shape index (κ3) is 2.88. The average Bonchev–Trinajstić information content (AvgIpc) is 3.13. The number of hydrogen-bond acceptors (Lipinski definition) is 2. The first-order valence-corrected chi connectivity index (χ1v) is 6.76. The molecule has 0 bridgehead atoms. The summed E-state index contributed by atoms with van der Waals surface area (Å²) >= 11 is 0. The fourth-order valence-corrected chi connectivity index (χ4v) is 2.94. The van der Waals surface area contributed by atoms with Gasteiger partial charge < -0.3 is 5.11 Å². The molecular weight excluding hydrogens is 210 g/mol. The summed E-state index contributed by atoms with van der Waals surface area (Å²) in [6, 6.07) is 10.6. The third-order valence-corrected chi connectivity index (χ3v) is 3.99. The van der Waals surface area contributed by atoms with Crippen LogP contribution in [0.5, 0.6) is 0 Å². The first kappa shape index (κ1) is 11.2. The van der Waals surface area contributed by atoms with Gasteiger partial charge >= 0.3 is 0 Å². The molecule has 0 spiro atoms. The number of benzene rings is 1. The van der Waals surface area contributed by atoms with Gasteiger partial charge in [0.15, 0.2) is 0 Å². The number of nitrogens with zero attached hydrogens (tertiary/aromatic N) is 1. The molecule has 1 aliphatic carbocycles. The molecule has 0 aromatic heterocycles. The molecule has 2 aliphatic rings. The fraction of sp³-hybridized carbons (Fsp3) is 0.600. The third-order valence-electron chi connectivity index (χ3n) is 3.99. The summed E-state index contributed by atoms with van der Waals surface area (Å²) in [4.78, 5) is 2.46. The van der Waals surface area contributed by atoms with E-state index in [1.54, 1.807) is 0 Å². The summed E-state index contributed by atoms with van der Waals surface area (Å²) in [7, 11) is 0. The Labute approximate surface area is 103 Å². The normalized spacial score (nSPS) is 30.4. The number of aliphatic hydroxyl groups excluding tert-OH is 1. The number of hydrogen-bond donors (Lipinski definition) is 1. The average molecular weight is 231 g/mol. The highest BCUT2D eigenvalue weighted by Gasteiger charge is 2.31. The van der Waals surface area contributed by atoms with Crippen molar-refractivity contribution in [3.63, 3.8) is 0 Å². The molecule has 0 amide bonds. The largest absolute Gasteiger partial charge is 0.392 e. The summed E-state index contributed by atoms with van der Waals surface area (Å²) in [6.07, 6.45) is 3.56. The molecule has 2 nitrogen and oxygen atoms in total. The number of likely N-dealkylation sites (tertiary alicyclic amines) is 1. The first-order chi connectivity index (χ1) is 8.31. The second-order valence-electron chi connectivity index (χ2n) is 5.66. The second-order valence-corrected chi connectivity index (χ2v) is 5.66. The molecule has 1 saturated carbocycles. The minimum Gasteiger partial charge on any atom is -0.392 e. The Balaban J connectivity index is 1.67. The Morgan fingerprint density at radius 1 is 1.12 bits per heavy atom. The van der Waals surface area contributed by atoms with E-state index < -0.39 is 0 Å². The highest BCUT2D eigenvalue weighted by molar-refractivity contribution is 5.20. The zero-order valence-corrected chi connectivity index (χ0v) is 10.3. The Hall–Kier alpha value is -0.860. The number of rotatable bonds is 3. The quantitative estimate of drug-likeness (QED) is 0.862. The number of β-amino-alcohol motifs (C(OH)–C–C–N with tert-alkyl or cyclic N) is 1. The van der Waals surface area contributed by atoms with Gasteiger partial charge in [0.25, 0.3) is 0 Å². The molecule has 3 rings (SSSR count). The predicted molar refractivity (Wildman–Crippen MR) is 69.0 cm³/mol. The lowest BCUT2D eigenvalue weighted by atomic mass is 9.89. The summed E-state index contributed by atoms with van der Waals surface area (Å²) in [6.45, 7) is 3.19. The molecule has 1 N–H and O–H groups in total. The molecule has 1 aromatic carbocycles. The van der Waals surface area contributed by atoms with Gasteiger partial charge in [-0.05, 0) is 36.7 Å². The van der Waals surface area contributed by atoms with E-state index in [0.29, 0.717) is 5.92 Å². The van der Waals surface area contributed by atoms with E-state index in [2.05, 4.69) is 35.2 Å². The van der Waals surface area contributed by atoms with E-state index in [0.717, 1.165) is 25.4 Å². The summed E-state index contributed by atoms with van der Waals surface area (Å²) in [5, 5.41) is 10.0. The molecular formula is C15H21NO. The van der Waals surface area contributed by atoms with Crippen molar-refractivity contribution in [3.05, 3.63) is 35.9 Å². The maximum absolute atomic E-state index is 10.0. The molecule has 1 aliphatic heterocycles. The van der Waals surface area contributed by atoms with Crippen molar-refractivity contribution < 1.29 is 5.11 Å². The topological polar surface area (TPSA) is 23.5 Å². The Morgan fingerprint density at radius 3 is 2.59 bits per heavy atom. The molecule has 17 heavy (non-hydrogen) atoms. The van der Waals surface area contributed by atoms with Crippen molar-refractivity contribution in [2.45, 2.75) is 31.3 Å². The molecule has 2 atom stereocenters. The van der Waals surface area contributed by atoms with Crippen LogP contribution in [0.4, 0.5) is 0 Å². The first-order valence-electron chi connectivity index (χ1n) is 6.76. The molecule has 2 fully saturated rings. The van der Waals surface area contributed by atoms with Crippen molar-refractivity contribution in [2.24, 2.45) is 5.92 Å². The van der Waals surface area contributed by atoms with Crippen molar-refractivity contribution >= 4 is 0 Å². The molecule has 1 heterocycles. The lowest BCUT2D eigenvalue weighted by Gasteiger charge is -2.36. The van der Waals surface area contributed by atoms with Gasteiger partial charge in [-0.2, -0.15) is 0 Å². The Bertz CT molecular complexity index is 358. The van der Waals surface area contributed by atoms with Crippen molar-refractivity contribution in [3.8, 4) is 0 Å². The van der Waals surface area contributed by atoms with Crippen molar-refractivity contribution in [1.29, 1.82) is 0 Å². The predicted octanol–water partition coefficient (Wildman–Crippen LogP) is 2.25. The van der Waals surface area contributed by atoms with E-state index in [-0.39, 0.29) is 6.10 Å². The highest BCUT2D eigenvalue weighted by atomic mass is 16.3. The van der Waals surface area contributed by atoms with Crippen LogP contribution in [0.1, 0.15) is 30.7 Å². The molecule has 92 valence electrons. The zero-order valence-electron chi connectivity index (χ0n) is 10.3. The van der Waals surface area contributed by atoms with Gasteiger partial charge in [0, 0.05) is 19.6 Å². The van der Waals surface area contributed by atoms with Crippen LogP contribution >= 0.6 is 0 Å². The molecule has 1 aromatic rings. The van der Waals surface area contributed by atoms with Crippen molar-refractivity contribution in [1.82, 2.24) is 4.90 Å². The lowest BCUT2D eigenvalue weighted by molar-refractivity contribution is 0.0565. The molecule has 0 radical (unpaired) electrons. The Kier molecular flexibility index (Phi) is 3.17. The summed E-state index contributed by atoms with van der Waals surface area (Å²) in [5.74, 6) is 1.43. The summed E-state index contributed by atoms with van der Waals surface area (Å²) < 4.78 is 0. The maximum Gasteiger partial charge on any atom is 0.0673 e. The zero-order chi connectivity index (χ0) is 11.7. The summed E-state index contributed by atoms with van der Waals surface area (Å²) in [5.41, 5.74) is 1.38. The molecule has 2 heteroatoms. The highest BCUT2D eigenvalue weighted by Crippen LogP contribution is 2.33. The van der Waals surface area contributed by atoms with E-state index >= 15 is 0 Å². The van der Waals surface area contributed by atoms with Crippen LogP contribution < -0.4 is 0 Å². The van der Waals surface area contributed by atoms with Crippen LogP contribution in [-0.4, -0.2) is 35.7 Å². The number of aliphatic hydroxyl groups is 1. The van der Waals surface area contributed by atoms with Gasteiger partial charge in [-0.25, -0.2) is 0 Å². The standard InChI is InChI=1S/C15H21NO/c17-15-8-14(13-4-2-1-3-5-13)10-16(11-15)9-12-6-7-12/h1-5,12,14-15,17H,6-11H2/t14-,15+/m0/s1. The van der Waals surface area contributed by atoms with Crippen LogP contribution in [0.2, 0.25) is 0 Å². The van der Waals surface area contributed by atoms with Crippen molar-refractivity contribution in [2.75, 3.05) is 19.6 Å². The Morgan fingerprint density at radius 2 is 1.88 bits per heavy atom. The number of piperidine rings is 1. The van der Waals surface area contributed by atoms with E-state index in [1.165, 1.54) is 24.9 Å². The van der Waals surface area contributed by atoms with Gasteiger partial charge in [0.1, 0.15) is 0 Å². The minimum absolute atomic E-state index is 0.146. The van der Waals surface area contributed by atoms with Crippen LogP contribution in [-0.2, 0) is 0 Å².